The predicted octanol–water partition coefficient (Wildman–Crippen LogP) is 3.48. The number of amides is 1. The van der Waals surface area contributed by atoms with E-state index >= 15 is 0 Å². The summed E-state index contributed by atoms with van der Waals surface area (Å²) in [6.45, 7) is 1.72. The minimum Gasteiger partial charge on any atom is -0.326 e. The van der Waals surface area contributed by atoms with Crippen LogP contribution in [0.4, 0.5) is 18.9 Å². The topological polar surface area (TPSA) is 59.8 Å². The zero-order chi connectivity index (χ0) is 18.2. The summed E-state index contributed by atoms with van der Waals surface area (Å²) in [6, 6.07) is 10.9. The molecule has 2 aromatic heterocycles. The molecule has 0 saturated carbocycles. The summed E-state index contributed by atoms with van der Waals surface area (Å²) in [5.41, 5.74) is 3.25. The van der Waals surface area contributed by atoms with Gasteiger partial charge in [-0.1, -0.05) is 18.2 Å². The van der Waals surface area contributed by atoms with Crippen molar-refractivity contribution in [2.45, 2.75) is 19.5 Å². The zero-order valence-electron chi connectivity index (χ0n) is 13.6. The maximum atomic E-state index is 12.5. The van der Waals surface area contributed by atoms with Crippen LogP contribution in [0.2, 0.25) is 0 Å². The Kier molecular flexibility index (Phi) is 4.20. The predicted molar refractivity (Wildman–Crippen MR) is 87.0 cm³/mol. The number of fused-ring (bicyclic) bond motifs is 2. The molecule has 3 aromatic rings. The monoisotopic (exact) mass is 348 g/mol. The van der Waals surface area contributed by atoms with Crippen molar-refractivity contribution in [2.24, 2.45) is 7.05 Å². The lowest BCUT2D eigenvalue weighted by Gasteiger charge is -2.04. The fraction of sp³-hybridized carbons (Fsp3) is 0.235. The Bertz CT molecular complexity index is 920. The van der Waals surface area contributed by atoms with E-state index < -0.39 is 12.0 Å². The van der Waals surface area contributed by atoms with Crippen LogP contribution in [0.15, 0.2) is 36.4 Å². The van der Waals surface area contributed by atoms with Gasteiger partial charge in [0.2, 0.25) is 11.7 Å². The van der Waals surface area contributed by atoms with Crippen molar-refractivity contribution in [3.63, 3.8) is 0 Å². The van der Waals surface area contributed by atoms with Crippen LogP contribution < -0.4 is 5.32 Å². The number of rotatable bonds is 0. The van der Waals surface area contributed by atoms with Crippen LogP contribution in [0.5, 0.6) is 0 Å². The highest BCUT2D eigenvalue weighted by Gasteiger charge is 2.36. The van der Waals surface area contributed by atoms with E-state index in [9.17, 15) is 18.0 Å². The standard InChI is InChI=1S/C9H8F3N3.C8H7NO/c1-5-3-4-6-7(13-5)15(2)8(14-6)9(10,11)12;10-8-5-6-3-1-2-4-7(6)9-8/h3-4H,1-2H3;1-4H,5H2,(H,9,10). The third-order valence-corrected chi connectivity index (χ3v) is 3.75. The van der Waals surface area contributed by atoms with Gasteiger partial charge in [-0.2, -0.15) is 13.2 Å². The molecule has 0 fully saturated rings. The quantitative estimate of drug-likeness (QED) is 0.677. The summed E-state index contributed by atoms with van der Waals surface area (Å²) in [5.74, 6) is -0.822. The Balaban J connectivity index is 0.000000157. The Morgan fingerprint density at radius 3 is 2.52 bits per heavy atom. The van der Waals surface area contributed by atoms with Crippen LogP contribution in [-0.4, -0.2) is 20.4 Å². The molecule has 5 nitrogen and oxygen atoms in total. The molecule has 0 radical (unpaired) electrons. The van der Waals surface area contributed by atoms with Gasteiger partial charge in [0.25, 0.3) is 0 Å². The number of carbonyl (C=O) groups is 1. The molecule has 3 heterocycles. The maximum Gasteiger partial charge on any atom is 0.449 e. The summed E-state index contributed by atoms with van der Waals surface area (Å²) in [4.78, 5) is 18.3. The van der Waals surface area contributed by atoms with Gasteiger partial charge in [-0.15, -0.1) is 0 Å². The van der Waals surface area contributed by atoms with Gasteiger partial charge < -0.3 is 9.88 Å². The van der Waals surface area contributed by atoms with Crippen molar-refractivity contribution in [1.29, 1.82) is 0 Å². The van der Waals surface area contributed by atoms with Gasteiger partial charge in [0.15, 0.2) is 5.65 Å². The number of nitrogens with zero attached hydrogens (tertiary/aromatic N) is 3. The first-order valence-electron chi connectivity index (χ1n) is 7.51. The summed E-state index contributed by atoms with van der Waals surface area (Å²) >= 11 is 0. The number of aryl methyl sites for hydroxylation is 2. The van der Waals surface area contributed by atoms with Gasteiger partial charge >= 0.3 is 6.18 Å². The number of hydrogen-bond acceptors (Lipinski definition) is 3. The summed E-state index contributed by atoms with van der Waals surface area (Å²) in [5, 5.41) is 2.76. The second kappa shape index (κ2) is 6.19. The van der Waals surface area contributed by atoms with Crippen LogP contribution in [0.3, 0.4) is 0 Å². The zero-order valence-corrected chi connectivity index (χ0v) is 13.6. The molecular weight excluding hydrogens is 333 g/mol. The molecule has 0 saturated heterocycles. The number of halogens is 3. The Labute approximate surface area is 141 Å². The molecule has 1 aliphatic rings. The number of aromatic nitrogens is 3. The van der Waals surface area contributed by atoms with Gasteiger partial charge in [-0.25, -0.2) is 9.97 Å². The molecule has 0 unspecified atom stereocenters. The third-order valence-electron chi connectivity index (χ3n) is 3.75. The van der Waals surface area contributed by atoms with E-state index in [2.05, 4.69) is 15.3 Å². The number of benzene rings is 1. The van der Waals surface area contributed by atoms with Crippen molar-refractivity contribution in [2.75, 3.05) is 5.32 Å². The maximum absolute atomic E-state index is 12.5. The lowest BCUT2D eigenvalue weighted by atomic mass is 10.2. The van der Waals surface area contributed by atoms with E-state index in [4.69, 9.17) is 0 Å². The van der Waals surface area contributed by atoms with E-state index in [1.165, 1.54) is 13.1 Å². The van der Waals surface area contributed by atoms with Crippen molar-refractivity contribution >= 4 is 22.8 Å². The van der Waals surface area contributed by atoms with Crippen molar-refractivity contribution < 1.29 is 18.0 Å². The molecule has 1 N–H and O–H groups in total. The van der Waals surface area contributed by atoms with Crippen LogP contribution >= 0.6 is 0 Å². The first-order chi connectivity index (χ1) is 11.8. The molecule has 4 rings (SSSR count). The minimum atomic E-state index is -4.44. The number of alkyl halides is 3. The SMILES string of the molecule is Cc1ccc2nc(C(F)(F)F)n(C)c2n1.O=C1Cc2ccccc2N1. The van der Waals surface area contributed by atoms with E-state index in [0.29, 0.717) is 12.1 Å². The number of pyridine rings is 1. The van der Waals surface area contributed by atoms with Gasteiger partial charge in [0.1, 0.15) is 5.52 Å². The van der Waals surface area contributed by atoms with E-state index in [-0.39, 0.29) is 17.1 Å². The first-order valence-corrected chi connectivity index (χ1v) is 7.51. The highest BCUT2D eigenvalue weighted by Crippen LogP contribution is 2.30. The molecule has 0 bridgehead atoms. The second-order valence-electron chi connectivity index (χ2n) is 5.67. The molecule has 0 spiro atoms. The summed E-state index contributed by atoms with van der Waals surface area (Å²) in [6.07, 6.45) is -3.90. The molecule has 1 aromatic carbocycles. The molecule has 8 heteroatoms. The normalized spacial score (nSPS) is 13.2. The van der Waals surface area contributed by atoms with Crippen LogP contribution in [0.25, 0.3) is 11.2 Å². The lowest BCUT2D eigenvalue weighted by Crippen LogP contribution is -2.12. The van der Waals surface area contributed by atoms with Crippen LogP contribution in [0.1, 0.15) is 17.1 Å². The third kappa shape index (κ3) is 3.47. The van der Waals surface area contributed by atoms with Crippen LogP contribution in [-0.2, 0) is 24.4 Å². The van der Waals surface area contributed by atoms with E-state index in [1.54, 1.807) is 13.0 Å². The molecule has 1 aliphatic heterocycles. The number of para-hydroxylation sites is 1. The average molecular weight is 348 g/mol. The van der Waals surface area contributed by atoms with Gasteiger partial charge in [-0.3, -0.25) is 4.79 Å². The highest BCUT2D eigenvalue weighted by atomic mass is 19.4. The van der Waals surface area contributed by atoms with Crippen molar-refractivity contribution in [3.05, 3.63) is 53.5 Å². The van der Waals surface area contributed by atoms with Crippen molar-refractivity contribution in [1.82, 2.24) is 14.5 Å². The highest BCUT2D eigenvalue weighted by molar-refractivity contribution is 5.98. The largest absolute Gasteiger partial charge is 0.449 e. The number of imidazole rings is 1. The van der Waals surface area contributed by atoms with Gasteiger partial charge in [0, 0.05) is 18.4 Å². The fourth-order valence-corrected chi connectivity index (χ4v) is 2.58. The van der Waals surface area contributed by atoms with E-state index in [1.807, 2.05) is 24.3 Å². The number of nitrogens with one attached hydrogen (secondary N) is 1. The number of anilines is 1. The number of carbonyl (C=O) groups excluding carboxylic acids is 1. The minimum absolute atomic E-state index is 0.0983. The van der Waals surface area contributed by atoms with E-state index in [0.717, 1.165) is 15.8 Å². The van der Waals surface area contributed by atoms with Crippen molar-refractivity contribution in [3.8, 4) is 0 Å². The fourth-order valence-electron chi connectivity index (χ4n) is 2.58. The number of hydrogen-bond donors (Lipinski definition) is 1. The van der Waals surface area contributed by atoms with Gasteiger partial charge in [0.05, 0.1) is 6.42 Å². The Morgan fingerprint density at radius 2 is 1.84 bits per heavy atom. The summed E-state index contributed by atoms with van der Waals surface area (Å²) < 4.78 is 38.4. The Morgan fingerprint density at radius 1 is 1.12 bits per heavy atom. The molecular formula is C17H15F3N4O. The Hall–Kier alpha value is -2.90. The molecule has 0 aliphatic carbocycles. The average Bonchev–Trinajstić information content (AvgIpc) is 3.07. The molecule has 0 atom stereocenters. The lowest BCUT2D eigenvalue weighted by molar-refractivity contribution is -0.146. The first kappa shape index (κ1) is 16.9. The molecule has 25 heavy (non-hydrogen) atoms. The molecule has 130 valence electrons. The smallest absolute Gasteiger partial charge is 0.326 e. The molecule has 1 amide bonds. The van der Waals surface area contributed by atoms with Gasteiger partial charge in [-0.05, 0) is 30.7 Å². The second-order valence-corrected chi connectivity index (χ2v) is 5.67. The summed E-state index contributed by atoms with van der Waals surface area (Å²) in [7, 11) is 1.31. The van der Waals surface area contributed by atoms with Crippen LogP contribution in [0, 0.1) is 6.92 Å².